The highest BCUT2D eigenvalue weighted by atomic mass is 79.9. The molecule has 1 saturated carbocycles. The molecule has 5 nitrogen and oxygen atoms in total. The monoisotopic (exact) mass is 482 g/mol. The van der Waals surface area contributed by atoms with Crippen LogP contribution in [0.5, 0.6) is 0 Å². The molecule has 1 aromatic carbocycles. The second-order valence-electron chi connectivity index (χ2n) is 7.38. The quantitative estimate of drug-likeness (QED) is 0.367. The van der Waals surface area contributed by atoms with Gasteiger partial charge in [0.25, 0.3) is 0 Å². The molecular weight excluding hydrogens is 448 g/mol. The lowest BCUT2D eigenvalue weighted by atomic mass is 9.95. The molecule has 1 aliphatic carbocycles. The molecule has 3 rings (SSSR count). The fourth-order valence-electron chi connectivity index (χ4n) is 4.07. The molecular formula is C22H35BrN2O3Si. The van der Waals surface area contributed by atoms with E-state index in [1.807, 2.05) is 20.8 Å². The number of benzene rings is 1. The smallest absolute Gasteiger partial charge is 0.537 e. The van der Waals surface area contributed by atoms with Gasteiger partial charge in [0.2, 0.25) is 6.33 Å². The highest BCUT2D eigenvalue weighted by Gasteiger charge is 2.43. The molecule has 0 unspecified atom stereocenters. The van der Waals surface area contributed by atoms with Crippen LogP contribution in [0.3, 0.4) is 0 Å². The van der Waals surface area contributed by atoms with Gasteiger partial charge in [-0.2, -0.15) is 0 Å². The lowest BCUT2D eigenvalue weighted by molar-refractivity contribution is -0.725. The van der Waals surface area contributed by atoms with E-state index >= 15 is 0 Å². The third kappa shape index (κ3) is 6.24. The second kappa shape index (κ2) is 12.0. The van der Waals surface area contributed by atoms with E-state index in [2.05, 4.69) is 52.1 Å². The number of imidazole rings is 1. The summed E-state index contributed by atoms with van der Waals surface area (Å²) in [7, 11) is -2.82. The minimum absolute atomic E-state index is 0. The van der Waals surface area contributed by atoms with Gasteiger partial charge in [0, 0.05) is 25.0 Å². The van der Waals surface area contributed by atoms with Gasteiger partial charge in [-0.15, -0.1) is 0 Å². The maximum Gasteiger partial charge on any atom is 0.537 e. The zero-order chi connectivity index (χ0) is 19.8. The van der Waals surface area contributed by atoms with Crippen LogP contribution in [-0.2, 0) is 19.8 Å². The number of nitrogens with zero attached hydrogens (tertiary/aromatic N) is 2. The van der Waals surface area contributed by atoms with Gasteiger partial charge in [0.15, 0.2) is 0 Å². The first-order valence-electron chi connectivity index (χ1n) is 10.8. The van der Waals surface area contributed by atoms with Crippen molar-refractivity contribution in [3.8, 4) is 0 Å². The fourth-order valence-corrected chi connectivity index (χ4v) is 6.53. The molecule has 162 valence electrons. The SMILES string of the molecule is CCO[Si](OCC)(OCC)c1ccc(Cn2cc[n+](C3CCCCC3)c2)cc1.[Br-]. The molecule has 1 fully saturated rings. The Kier molecular flexibility index (Phi) is 10.1. The van der Waals surface area contributed by atoms with Crippen molar-refractivity contribution in [2.75, 3.05) is 19.8 Å². The van der Waals surface area contributed by atoms with Crippen LogP contribution < -0.4 is 26.7 Å². The summed E-state index contributed by atoms with van der Waals surface area (Å²) >= 11 is 0. The standard InChI is InChI=1S/C22H35N2O3Si.BrH/c1-4-25-28(26-5-2,27-6-3)22-14-12-20(13-15-22)18-23-16-17-24(19-23)21-10-8-7-9-11-21;/h12-17,19,21H,4-11,18H2,1-3H3;1H/q+1;/p-1. The average Bonchev–Trinajstić information content (AvgIpc) is 3.18. The van der Waals surface area contributed by atoms with Crippen molar-refractivity contribution in [1.82, 2.24) is 4.57 Å². The van der Waals surface area contributed by atoms with Crippen LogP contribution in [0.25, 0.3) is 0 Å². The van der Waals surface area contributed by atoms with E-state index in [-0.39, 0.29) is 17.0 Å². The van der Waals surface area contributed by atoms with E-state index in [4.69, 9.17) is 13.3 Å². The third-order valence-electron chi connectivity index (χ3n) is 5.38. The minimum Gasteiger partial charge on any atom is -1.00 e. The lowest BCUT2D eigenvalue weighted by Crippen LogP contribution is -3.00. The molecule has 7 heteroatoms. The maximum absolute atomic E-state index is 6.01. The summed E-state index contributed by atoms with van der Waals surface area (Å²) in [6.07, 6.45) is 13.4. The summed E-state index contributed by atoms with van der Waals surface area (Å²) in [6, 6.07) is 9.23. The fraction of sp³-hybridized carbons (Fsp3) is 0.591. The predicted octanol–water partition coefficient (Wildman–Crippen LogP) is 0.589. The van der Waals surface area contributed by atoms with E-state index < -0.39 is 8.80 Å². The molecule has 0 saturated heterocycles. The summed E-state index contributed by atoms with van der Waals surface area (Å²) in [5.41, 5.74) is 1.27. The van der Waals surface area contributed by atoms with Gasteiger partial charge in [0.05, 0.1) is 0 Å². The average molecular weight is 484 g/mol. The summed E-state index contributed by atoms with van der Waals surface area (Å²) in [5, 5.41) is 1.03. The molecule has 2 aromatic rings. The van der Waals surface area contributed by atoms with E-state index in [1.165, 1.54) is 37.7 Å². The van der Waals surface area contributed by atoms with Crippen LogP contribution in [0.15, 0.2) is 43.0 Å². The van der Waals surface area contributed by atoms with Crippen molar-refractivity contribution in [2.24, 2.45) is 0 Å². The molecule has 1 aromatic heterocycles. The van der Waals surface area contributed by atoms with E-state index in [9.17, 15) is 0 Å². The van der Waals surface area contributed by atoms with Crippen molar-refractivity contribution < 1.29 is 34.8 Å². The van der Waals surface area contributed by atoms with Gasteiger partial charge in [-0.3, -0.25) is 0 Å². The van der Waals surface area contributed by atoms with Gasteiger partial charge in [0.1, 0.15) is 25.0 Å². The minimum atomic E-state index is -2.82. The maximum atomic E-state index is 6.01. The first-order chi connectivity index (χ1) is 13.7. The zero-order valence-corrected chi connectivity index (χ0v) is 20.6. The Labute approximate surface area is 187 Å². The normalized spacial score (nSPS) is 15.3. The Morgan fingerprint density at radius 1 is 0.931 bits per heavy atom. The topological polar surface area (TPSA) is 36.5 Å². The molecule has 29 heavy (non-hydrogen) atoms. The first-order valence-corrected chi connectivity index (χ1v) is 12.5. The molecule has 0 N–H and O–H groups in total. The molecule has 1 heterocycles. The second-order valence-corrected chi connectivity index (χ2v) is 9.93. The molecule has 0 amide bonds. The van der Waals surface area contributed by atoms with E-state index in [0.717, 1.165) is 11.7 Å². The molecule has 0 aliphatic heterocycles. The Bertz CT molecular complexity index is 700. The molecule has 0 bridgehead atoms. The van der Waals surface area contributed by atoms with Crippen LogP contribution in [-0.4, -0.2) is 33.2 Å². The first kappa shape index (κ1) is 24.3. The van der Waals surface area contributed by atoms with Gasteiger partial charge < -0.3 is 30.3 Å². The van der Waals surface area contributed by atoms with Gasteiger partial charge in [-0.25, -0.2) is 9.13 Å². The number of hydrogen-bond acceptors (Lipinski definition) is 3. The zero-order valence-electron chi connectivity index (χ0n) is 18.0. The van der Waals surface area contributed by atoms with Crippen molar-refractivity contribution in [1.29, 1.82) is 0 Å². The number of rotatable bonds is 10. The van der Waals surface area contributed by atoms with Crippen molar-refractivity contribution in [3.05, 3.63) is 48.5 Å². The predicted molar refractivity (Wildman–Crippen MR) is 113 cm³/mol. The Hall–Kier alpha value is -0.993. The number of hydrogen-bond donors (Lipinski definition) is 0. The van der Waals surface area contributed by atoms with Crippen molar-refractivity contribution in [3.63, 3.8) is 0 Å². The Morgan fingerprint density at radius 2 is 1.52 bits per heavy atom. The van der Waals surface area contributed by atoms with Crippen molar-refractivity contribution >= 4 is 14.0 Å². The van der Waals surface area contributed by atoms with E-state index in [1.54, 1.807) is 0 Å². The molecule has 0 radical (unpaired) electrons. The summed E-state index contributed by atoms with van der Waals surface area (Å²) in [6.45, 7) is 8.58. The highest BCUT2D eigenvalue weighted by Crippen LogP contribution is 2.23. The highest BCUT2D eigenvalue weighted by molar-refractivity contribution is 6.75. The van der Waals surface area contributed by atoms with Crippen LogP contribution >= 0.6 is 0 Å². The van der Waals surface area contributed by atoms with Gasteiger partial charge in [-0.1, -0.05) is 30.7 Å². The number of halogens is 1. The lowest BCUT2D eigenvalue weighted by Gasteiger charge is -2.28. The van der Waals surface area contributed by atoms with Crippen LogP contribution in [0.2, 0.25) is 0 Å². The summed E-state index contributed by atoms with van der Waals surface area (Å²) in [5.74, 6) is 0. The van der Waals surface area contributed by atoms with Crippen LogP contribution in [0, 0.1) is 0 Å². The molecule has 0 atom stereocenters. The Balaban J connectivity index is 0.00000300. The van der Waals surface area contributed by atoms with Crippen molar-refractivity contribution in [2.45, 2.75) is 65.5 Å². The summed E-state index contributed by atoms with van der Waals surface area (Å²) in [4.78, 5) is 0. The molecule has 1 aliphatic rings. The van der Waals surface area contributed by atoms with Crippen LogP contribution in [0.4, 0.5) is 0 Å². The largest absolute Gasteiger partial charge is 1.00 e. The number of aromatic nitrogens is 2. The van der Waals surface area contributed by atoms with Crippen LogP contribution in [0.1, 0.15) is 64.5 Å². The van der Waals surface area contributed by atoms with Gasteiger partial charge in [-0.05, 0) is 52.0 Å². The van der Waals surface area contributed by atoms with Gasteiger partial charge >= 0.3 is 8.80 Å². The summed E-state index contributed by atoms with van der Waals surface area (Å²) < 4.78 is 22.7. The third-order valence-corrected chi connectivity index (χ3v) is 8.43. The Morgan fingerprint density at radius 3 is 2.07 bits per heavy atom. The molecule has 0 spiro atoms. The van der Waals surface area contributed by atoms with E-state index in [0.29, 0.717) is 25.9 Å².